The number of nitrogens with zero attached hydrogens (tertiary/aromatic N) is 1. The number of nitrogens with two attached hydrogens (primary N) is 1. The van der Waals surface area contributed by atoms with Gasteiger partial charge in [-0.1, -0.05) is 12.8 Å². The van der Waals surface area contributed by atoms with Crippen LogP contribution in [0.2, 0.25) is 0 Å². The number of hydrogen-bond donors (Lipinski definition) is 1. The van der Waals surface area contributed by atoms with Crippen molar-refractivity contribution >= 4 is 5.91 Å². The van der Waals surface area contributed by atoms with Crippen LogP contribution >= 0.6 is 0 Å². The van der Waals surface area contributed by atoms with Gasteiger partial charge in [0, 0.05) is 13.1 Å². The van der Waals surface area contributed by atoms with E-state index in [0.29, 0.717) is 18.4 Å². The molecular formula is C15H28N2O2. The van der Waals surface area contributed by atoms with Gasteiger partial charge in [0.2, 0.25) is 0 Å². The summed E-state index contributed by atoms with van der Waals surface area (Å²) in [6, 6.07) is 0. The first-order valence-corrected chi connectivity index (χ1v) is 7.83. The Morgan fingerprint density at radius 1 is 1.21 bits per heavy atom. The lowest BCUT2D eigenvalue weighted by molar-refractivity contribution is -0.142. The summed E-state index contributed by atoms with van der Waals surface area (Å²) in [5.74, 6) is 1.30. The monoisotopic (exact) mass is 268 g/mol. The number of amides is 1. The fourth-order valence-electron chi connectivity index (χ4n) is 3.35. The molecule has 2 fully saturated rings. The van der Waals surface area contributed by atoms with Gasteiger partial charge in [0.15, 0.2) is 0 Å². The molecule has 1 saturated carbocycles. The second kappa shape index (κ2) is 7.25. The Hall–Kier alpha value is -0.610. The molecule has 3 unspecified atom stereocenters. The second-order valence-electron chi connectivity index (χ2n) is 6.05. The molecule has 4 heteroatoms. The minimum atomic E-state index is -0.293. The third kappa shape index (κ3) is 3.93. The molecule has 4 nitrogen and oxygen atoms in total. The summed E-state index contributed by atoms with van der Waals surface area (Å²) in [6.45, 7) is 5.15. The zero-order valence-electron chi connectivity index (χ0n) is 12.1. The highest BCUT2D eigenvalue weighted by atomic mass is 16.5. The van der Waals surface area contributed by atoms with E-state index in [4.69, 9.17) is 10.5 Å². The second-order valence-corrected chi connectivity index (χ2v) is 6.05. The standard InChI is InChI=1S/C15H28N2O2/c1-12(15(18)17-8-4-5-9-17)19-11-14-7-3-2-6-13(14)10-16/h12-14H,2-11,16H2,1H3. The van der Waals surface area contributed by atoms with Gasteiger partial charge in [0.25, 0.3) is 5.91 Å². The number of likely N-dealkylation sites (tertiary alicyclic amines) is 1. The van der Waals surface area contributed by atoms with Crippen molar-refractivity contribution in [2.75, 3.05) is 26.2 Å². The number of rotatable bonds is 5. The Bertz CT molecular complexity index is 290. The minimum Gasteiger partial charge on any atom is -0.368 e. The molecule has 19 heavy (non-hydrogen) atoms. The fourth-order valence-corrected chi connectivity index (χ4v) is 3.35. The molecule has 0 aromatic heterocycles. The first-order chi connectivity index (χ1) is 9.22. The van der Waals surface area contributed by atoms with Crippen molar-refractivity contribution in [3.63, 3.8) is 0 Å². The van der Waals surface area contributed by atoms with E-state index in [1.165, 1.54) is 25.7 Å². The molecule has 2 aliphatic rings. The highest BCUT2D eigenvalue weighted by Gasteiger charge is 2.27. The van der Waals surface area contributed by atoms with Gasteiger partial charge in [0.1, 0.15) is 6.10 Å². The smallest absolute Gasteiger partial charge is 0.251 e. The SMILES string of the molecule is CC(OCC1CCCCC1CN)C(=O)N1CCCC1. The molecule has 1 aliphatic heterocycles. The molecule has 0 aromatic rings. The molecule has 1 aliphatic carbocycles. The Balaban J connectivity index is 1.75. The zero-order valence-corrected chi connectivity index (χ0v) is 12.1. The van der Waals surface area contributed by atoms with E-state index < -0.39 is 0 Å². The van der Waals surface area contributed by atoms with Crippen LogP contribution in [0.5, 0.6) is 0 Å². The third-order valence-electron chi connectivity index (χ3n) is 4.70. The van der Waals surface area contributed by atoms with Gasteiger partial charge < -0.3 is 15.4 Å². The lowest BCUT2D eigenvalue weighted by atomic mass is 9.80. The lowest BCUT2D eigenvalue weighted by Gasteiger charge is -2.31. The van der Waals surface area contributed by atoms with Crippen molar-refractivity contribution in [2.45, 2.75) is 51.6 Å². The summed E-state index contributed by atoms with van der Waals surface area (Å²) in [6.07, 6.45) is 6.97. The molecule has 1 heterocycles. The average Bonchev–Trinajstić information content (AvgIpc) is 2.98. The molecule has 3 atom stereocenters. The molecule has 110 valence electrons. The molecule has 1 saturated heterocycles. The van der Waals surface area contributed by atoms with E-state index in [1.807, 2.05) is 11.8 Å². The summed E-state index contributed by atoms with van der Waals surface area (Å²) in [4.78, 5) is 14.1. The van der Waals surface area contributed by atoms with Crippen LogP contribution in [0.3, 0.4) is 0 Å². The topological polar surface area (TPSA) is 55.6 Å². The van der Waals surface area contributed by atoms with Gasteiger partial charge in [-0.2, -0.15) is 0 Å². The van der Waals surface area contributed by atoms with Crippen LogP contribution in [-0.2, 0) is 9.53 Å². The van der Waals surface area contributed by atoms with Crippen molar-refractivity contribution in [2.24, 2.45) is 17.6 Å². The van der Waals surface area contributed by atoms with Crippen molar-refractivity contribution in [1.82, 2.24) is 4.90 Å². The van der Waals surface area contributed by atoms with E-state index >= 15 is 0 Å². The number of carbonyl (C=O) groups is 1. The zero-order chi connectivity index (χ0) is 13.7. The molecule has 1 amide bonds. The molecule has 2 N–H and O–H groups in total. The van der Waals surface area contributed by atoms with Crippen LogP contribution in [0, 0.1) is 11.8 Å². The van der Waals surface area contributed by atoms with E-state index in [2.05, 4.69) is 0 Å². The molecule has 0 aromatic carbocycles. The van der Waals surface area contributed by atoms with E-state index in [9.17, 15) is 4.79 Å². The van der Waals surface area contributed by atoms with Crippen LogP contribution < -0.4 is 5.73 Å². The summed E-state index contributed by atoms with van der Waals surface area (Å²) in [5.41, 5.74) is 5.83. The quantitative estimate of drug-likeness (QED) is 0.827. The summed E-state index contributed by atoms with van der Waals surface area (Å²) in [5, 5.41) is 0. The van der Waals surface area contributed by atoms with E-state index in [-0.39, 0.29) is 12.0 Å². The van der Waals surface area contributed by atoms with Crippen LogP contribution in [-0.4, -0.2) is 43.2 Å². The summed E-state index contributed by atoms with van der Waals surface area (Å²) in [7, 11) is 0. The van der Waals surface area contributed by atoms with Crippen LogP contribution in [0.1, 0.15) is 45.4 Å². The Kier molecular flexibility index (Phi) is 5.64. The van der Waals surface area contributed by atoms with Crippen molar-refractivity contribution in [1.29, 1.82) is 0 Å². The Morgan fingerprint density at radius 3 is 2.47 bits per heavy atom. The maximum atomic E-state index is 12.1. The van der Waals surface area contributed by atoms with E-state index in [1.54, 1.807) is 0 Å². The van der Waals surface area contributed by atoms with E-state index in [0.717, 1.165) is 32.5 Å². The Labute approximate surface area is 116 Å². The van der Waals surface area contributed by atoms with Gasteiger partial charge in [0.05, 0.1) is 6.61 Å². The van der Waals surface area contributed by atoms with Crippen molar-refractivity contribution in [3.8, 4) is 0 Å². The van der Waals surface area contributed by atoms with Gasteiger partial charge >= 0.3 is 0 Å². The summed E-state index contributed by atoms with van der Waals surface area (Å²) >= 11 is 0. The highest BCUT2D eigenvalue weighted by Crippen LogP contribution is 2.29. The number of hydrogen-bond acceptors (Lipinski definition) is 3. The van der Waals surface area contributed by atoms with Gasteiger partial charge in [-0.15, -0.1) is 0 Å². The normalized spacial score (nSPS) is 29.5. The number of carbonyl (C=O) groups excluding carboxylic acids is 1. The highest BCUT2D eigenvalue weighted by molar-refractivity contribution is 5.80. The molecule has 0 spiro atoms. The fraction of sp³-hybridized carbons (Fsp3) is 0.933. The predicted octanol–water partition coefficient (Wildman–Crippen LogP) is 1.78. The molecule has 0 radical (unpaired) electrons. The summed E-state index contributed by atoms with van der Waals surface area (Å²) < 4.78 is 5.84. The predicted molar refractivity (Wildman–Crippen MR) is 75.7 cm³/mol. The Morgan fingerprint density at radius 2 is 1.84 bits per heavy atom. The van der Waals surface area contributed by atoms with Gasteiger partial charge in [-0.3, -0.25) is 4.79 Å². The van der Waals surface area contributed by atoms with Gasteiger partial charge in [-0.25, -0.2) is 0 Å². The molecular weight excluding hydrogens is 240 g/mol. The van der Waals surface area contributed by atoms with Crippen molar-refractivity contribution in [3.05, 3.63) is 0 Å². The third-order valence-corrected chi connectivity index (χ3v) is 4.70. The van der Waals surface area contributed by atoms with Crippen molar-refractivity contribution < 1.29 is 9.53 Å². The number of ether oxygens (including phenoxy) is 1. The van der Waals surface area contributed by atoms with Crippen LogP contribution in [0.25, 0.3) is 0 Å². The first-order valence-electron chi connectivity index (χ1n) is 7.83. The molecule has 2 rings (SSSR count). The maximum absolute atomic E-state index is 12.1. The minimum absolute atomic E-state index is 0.164. The van der Waals surface area contributed by atoms with Crippen LogP contribution in [0.15, 0.2) is 0 Å². The van der Waals surface area contributed by atoms with Gasteiger partial charge in [-0.05, 0) is 51.0 Å². The first kappa shape index (κ1) is 14.8. The average molecular weight is 268 g/mol. The molecule has 0 bridgehead atoms. The largest absolute Gasteiger partial charge is 0.368 e. The maximum Gasteiger partial charge on any atom is 0.251 e. The lowest BCUT2D eigenvalue weighted by Crippen LogP contribution is -2.39. The van der Waals surface area contributed by atoms with Crippen LogP contribution in [0.4, 0.5) is 0 Å².